The van der Waals surface area contributed by atoms with E-state index in [1.807, 2.05) is 73.3 Å². The minimum Gasteiger partial charge on any atom is -0.340 e. The summed E-state index contributed by atoms with van der Waals surface area (Å²) in [5.74, 6) is 0.197. The first-order valence-corrected chi connectivity index (χ1v) is 9.49. The van der Waals surface area contributed by atoms with Gasteiger partial charge in [-0.2, -0.15) is 0 Å². The molecule has 5 nitrogen and oxygen atoms in total. The zero-order chi connectivity index (χ0) is 19.2. The molecule has 1 N–H and O–H groups in total. The lowest BCUT2D eigenvalue weighted by molar-refractivity contribution is -0.136. The number of para-hydroxylation sites is 1. The predicted octanol–water partition coefficient (Wildman–Crippen LogP) is 3.24. The second-order valence-corrected chi connectivity index (χ2v) is 7.27. The van der Waals surface area contributed by atoms with Crippen molar-refractivity contribution >= 4 is 17.5 Å². The van der Waals surface area contributed by atoms with Crippen molar-refractivity contribution in [3.05, 3.63) is 65.7 Å². The van der Waals surface area contributed by atoms with Gasteiger partial charge in [-0.25, -0.2) is 0 Å². The van der Waals surface area contributed by atoms with Gasteiger partial charge >= 0.3 is 0 Å². The Hall–Kier alpha value is -2.66. The maximum Gasteiger partial charge on any atom is 0.255 e. The van der Waals surface area contributed by atoms with Gasteiger partial charge in [-0.1, -0.05) is 44.2 Å². The topological polar surface area (TPSA) is 52.7 Å². The van der Waals surface area contributed by atoms with Crippen LogP contribution in [0, 0.1) is 5.92 Å². The van der Waals surface area contributed by atoms with E-state index in [-0.39, 0.29) is 17.7 Å². The van der Waals surface area contributed by atoms with E-state index in [1.54, 1.807) is 0 Å². The highest BCUT2D eigenvalue weighted by atomic mass is 16.2. The van der Waals surface area contributed by atoms with Crippen LogP contribution in [0.3, 0.4) is 0 Å². The van der Waals surface area contributed by atoms with Crippen molar-refractivity contribution in [2.45, 2.75) is 20.4 Å². The van der Waals surface area contributed by atoms with Gasteiger partial charge < -0.3 is 10.2 Å². The van der Waals surface area contributed by atoms with Crippen LogP contribution in [0.1, 0.15) is 29.8 Å². The van der Waals surface area contributed by atoms with Crippen LogP contribution in [0.4, 0.5) is 5.69 Å². The van der Waals surface area contributed by atoms with E-state index >= 15 is 0 Å². The standard InChI is InChI=1S/C22H27N3O2/c1-17(2)22(27)25-14-12-24(13-15-25)16-18-8-10-19(11-9-18)21(26)23-20-6-4-3-5-7-20/h3-11,17H,12-16H2,1-2H3,(H,23,26). The third-order valence-electron chi connectivity index (χ3n) is 4.83. The fraction of sp³-hybridized carbons (Fsp3) is 0.364. The van der Waals surface area contributed by atoms with Crippen molar-refractivity contribution in [1.82, 2.24) is 9.80 Å². The first kappa shape index (κ1) is 19.1. The Balaban J connectivity index is 1.51. The third kappa shape index (κ3) is 5.17. The summed E-state index contributed by atoms with van der Waals surface area (Å²) in [7, 11) is 0. The van der Waals surface area contributed by atoms with Gasteiger partial charge in [0.25, 0.3) is 5.91 Å². The van der Waals surface area contributed by atoms with Crippen molar-refractivity contribution in [3.8, 4) is 0 Å². The summed E-state index contributed by atoms with van der Waals surface area (Å²) < 4.78 is 0. The zero-order valence-electron chi connectivity index (χ0n) is 16.0. The van der Waals surface area contributed by atoms with E-state index in [1.165, 1.54) is 5.56 Å². The van der Waals surface area contributed by atoms with E-state index in [0.29, 0.717) is 5.56 Å². The molecule has 1 aliphatic rings. The van der Waals surface area contributed by atoms with E-state index in [9.17, 15) is 9.59 Å². The van der Waals surface area contributed by atoms with Crippen molar-refractivity contribution in [3.63, 3.8) is 0 Å². The van der Waals surface area contributed by atoms with Crippen LogP contribution in [-0.2, 0) is 11.3 Å². The number of nitrogens with one attached hydrogen (secondary N) is 1. The molecule has 2 aromatic rings. The average Bonchev–Trinajstić information content (AvgIpc) is 2.69. The minimum atomic E-state index is -0.103. The van der Waals surface area contributed by atoms with Crippen LogP contribution in [0.25, 0.3) is 0 Å². The molecule has 27 heavy (non-hydrogen) atoms. The Kier molecular flexibility index (Phi) is 6.24. The number of anilines is 1. The largest absolute Gasteiger partial charge is 0.340 e. The van der Waals surface area contributed by atoms with Crippen LogP contribution < -0.4 is 5.32 Å². The predicted molar refractivity (Wildman–Crippen MR) is 108 cm³/mol. The monoisotopic (exact) mass is 365 g/mol. The van der Waals surface area contributed by atoms with Gasteiger partial charge in [-0.05, 0) is 29.8 Å². The molecule has 142 valence electrons. The molecule has 1 saturated heterocycles. The molecule has 0 saturated carbocycles. The average molecular weight is 365 g/mol. The van der Waals surface area contributed by atoms with E-state index < -0.39 is 0 Å². The van der Waals surface area contributed by atoms with Crippen LogP contribution >= 0.6 is 0 Å². The van der Waals surface area contributed by atoms with Crippen LogP contribution in [-0.4, -0.2) is 47.8 Å². The fourth-order valence-electron chi connectivity index (χ4n) is 3.24. The molecule has 0 spiro atoms. The number of carbonyl (C=O) groups excluding carboxylic acids is 2. The summed E-state index contributed by atoms with van der Waals surface area (Å²) in [5.41, 5.74) is 2.62. The van der Waals surface area contributed by atoms with Gasteiger partial charge in [0.05, 0.1) is 0 Å². The molecule has 0 bridgehead atoms. The molecule has 3 rings (SSSR count). The van der Waals surface area contributed by atoms with Crippen LogP contribution in [0.5, 0.6) is 0 Å². The van der Waals surface area contributed by atoms with Gasteiger partial charge in [0.2, 0.25) is 5.91 Å². The molecule has 1 aliphatic heterocycles. The fourth-order valence-corrected chi connectivity index (χ4v) is 3.24. The van der Waals surface area contributed by atoms with E-state index in [4.69, 9.17) is 0 Å². The molecule has 0 aromatic heterocycles. The second-order valence-electron chi connectivity index (χ2n) is 7.27. The summed E-state index contributed by atoms with van der Waals surface area (Å²) in [6.45, 7) is 8.07. The summed E-state index contributed by atoms with van der Waals surface area (Å²) in [4.78, 5) is 28.7. The Labute approximate surface area is 161 Å². The molecule has 2 aromatic carbocycles. The number of amides is 2. The van der Waals surface area contributed by atoms with Gasteiger partial charge in [-0.3, -0.25) is 14.5 Å². The number of benzene rings is 2. The quantitative estimate of drug-likeness (QED) is 0.885. The lowest BCUT2D eigenvalue weighted by atomic mass is 10.1. The molecule has 0 unspecified atom stereocenters. The highest BCUT2D eigenvalue weighted by Crippen LogP contribution is 2.13. The van der Waals surface area contributed by atoms with Crippen molar-refractivity contribution in [2.75, 3.05) is 31.5 Å². The van der Waals surface area contributed by atoms with Crippen molar-refractivity contribution in [1.29, 1.82) is 0 Å². The summed E-state index contributed by atoms with van der Waals surface area (Å²) >= 11 is 0. The molecule has 1 fully saturated rings. The molecule has 0 atom stereocenters. The highest BCUT2D eigenvalue weighted by molar-refractivity contribution is 6.04. The van der Waals surface area contributed by atoms with Crippen molar-refractivity contribution in [2.24, 2.45) is 5.92 Å². The first-order valence-electron chi connectivity index (χ1n) is 9.49. The number of nitrogens with zero attached hydrogens (tertiary/aromatic N) is 2. The molecule has 1 heterocycles. The van der Waals surface area contributed by atoms with E-state index in [2.05, 4.69) is 10.2 Å². The third-order valence-corrected chi connectivity index (χ3v) is 4.83. The molecular weight excluding hydrogens is 338 g/mol. The molecule has 2 amide bonds. The normalized spacial score (nSPS) is 15.0. The number of carbonyl (C=O) groups is 2. The lowest BCUT2D eigenvalue weighted by Gasteiger charge is -2.35. The Morgan fingerprint density at radius 1 is 0.926 bits per heavy atom. The van der Waals surface area contributed by atoms with E-state index in [0.717, 1.165) is 38.4 Å². The first-order chi connectivity index (χ1) is 13.0. The van der Waals surface area contributed by atoms with Gasteiger partial charge in [-0.15, -0.1) is 0 Å². The summed E-state index contributed by atoms with van der Waals surface area (Å²) in [6, 6.07) is 17.2. The highest BCUT2D eigenvalue weighted by Gasteiger charge is 2.22. The molecular formula is C22H27N3O2. The second kappa shape index (κ2) is 8.82. The van der Waals surface area contributed by atoms with Gasteiger partial charge in [0.1, 0.15) is 0 Å². The molecule has 0 aliphatic carbocycles. The molecule has 0 radical (unpaired) electrons. The summed E-state index contributed by atoms with van der Waals surface area (Å²) in [5, 5.41) is 2.90. The maximum absolute atomic E-state index is 12.3. The van der Waals surface area contributed by atoms with Gasteiger partial charge in [0.15, 0.2) is 0 Å². The number of rotatable bonds is 5. The molecule has 5 heteroatoms. The van der Waals surface area contributed by atoms with Crippen LogP contribution in [0.2, 0.25) is 0 Å². The number of piperazine rings is 1. The smallest absolute Gasteiger partial charge is 0.255 e. The Bertz CT molecular complexity index is 764. The van der Waals surface area contributed by atoms with Crippen LogP contribution in [0.15, 0.2) is 54.6 Å². The minimum absolute atomic E-state index is 0.0612. The number of hydrogen-bond donors (Lipinski definition) is 1. The Morgan fingerprint density at radius 3 is 2.15 bits per heavy atom. The van der Waals surface area contributed by atoms with Crippen molar-refractivity contribution < 1.29 is 9.59 Å². The maximum atomic E-state index is 12.3. The SMILES string of the molecule is CC(C)C(=O)N1CCN(Cc2ccc(C(=O)Nc3ccccc3)cc2)CC1. The van der Waals surface area contributed by atoms with Gasteiger partial charge in [0, 0.05) is 49.9 Å². The number of hydrogen-bond acceptors (Lipinski definition) is 3. The lowest BCUT2D eigenvalue weighted by Crippen LogP contribution is -2.49. The zero-order valence-corrected chi connectivity index (χ0v) is 16.0. The summed E-state index contributed by atoms with van der Waals surface area (Å²) in [6.07, 6.45) is 0. The Morgan fingerprint density at radius 2 is 1.56 bits per heavy atom.